The highest BCUT2D eigenvalue weighted by atomic mass is 35.5. The first-order valence-electron chi connectivity index (χ1n) is 8.29. The molecule has 2 aromatic rings. The van der Waals surface area contributed by atoms with Crippen molar-refractivity contribution in [3.05, 3.63) is 59.1 Å². The van der Waals surface area contributed by atoms with Crippen molar-refractivity contribution in [3.63, 3.8) is 0 Å². The fourth-order valence-electron chi connectivity index (χ4n) is 2.28. The van der Waals surface area contributed by atoms with E-state index in [4.69, 9.17) is 21.1 Å². The van der Waals surface area contributed by atoms with Crippen molar-refractivity contribution >= 4 is 33.6 Å². The van der Waals surface area contributed by atoms with Crippen LogP contribution >= 0.6 is 11.6 Å². The molecular formula is C19H21ClN2O5S. The van der Waals surface area contributed by atoms with Crippen LogP contribution in [0.5, 0.6) is 11.5 Å². The van der Waals surface area contributed by atoms with Crippen LogP contribution in [0.2, 0.25) is 5.02 Å². The second-order valence-electron chi connectivity index (χ2n) is 5.59. The Hall–Kier alpha value is -2.55. The summed E-state index contributed by atoms with van der Waals surface area (Å²) in [6.45, 7) is 0.162. The van der Waals surface area contributed by atoms with Gasteiger partial charge in [0.2, 0.25) is 15.9 Å². The van der Waals surface area contributed by atoms with Crippen molar-refractivity contribution in [2.24, 2.45) is 0 Å². The molecule has 0 fully saturated rings. The summed E-state index contributed by atoms with van der Waals surface area (Å²) >= 11 is 5.81. The molecule has 7 nitrogen and oxygen atoms in total. The van der Waals surface area contributed by atoms with Crippen LogP contribution in [0.1, 0.15) is 5.56 Å². The maximum absolute atomic E-state index is 12.1. The van der Waals surface area contributed by atoms with E-state index in [2.05, 4.69) is 10.0 Å². The Morgan fingerprint density at radius 2 is 1.89 bits per heavy atom. The second-order valence-corrected chi connectivity index (χ2v) is 7.79. The zero-order valence-electron chi connectivity index (χ0n) is 15.4. The van der Waals surface area contributed by atoms with Crippen LogP contribution < -0.4 is 19.5 Å². The summed E-state index contributed by atoms with van der Waals surface area (Å²) in [7, 11) is -0.606. The number of amides is 1. The largest absolute Gasteiger partial charge is 0.497 e. The molecule has 0 radical (unpaired) electrons. The lowest BCUT2D eigenvalue weighted by Gasteiger charge is -2.08. The van der Waals surface area contributed by atoms with Crippen LogP contribution in [0.25, 0.3) is 6.08 Å². The quantitative estimate of drug-likeness (QED) is 0.476. The van der Waals surface area contributed by atoms with E-state index < -0.39 is 10.0 Å². The second kappa shape index (κ2) is 10.1. The van der Waals surface area contributed by atoms with Gasteiger partial charge >= 0.3 is 0 Å². The lowest BCUT2D eigenvalue weighted by Crippen LogP contribution is -2.34. The van der Waals surface area contributed by atoms with Gasteiger partial charge in [-0.3, -0.25) is 4.79 Å². The molecule has 0 unspecified atom stereocenters. The first-order valence-corrected chi connectivity index (χ1v) is 10.1. The predicted octanol–water partition coefficient (Wildman–Crippen LogP) is 2.47. The Morgan fingerprint density at radius 1 is 1.11 bits per heavy atom. The SMILES string of the molecule is COc1ccc(OC)c(/C=C/C(=O)NCCNS(=O)(=O)c2cccc(Cl)c2)c1. The zero-order chi connectivity index (χ0) is 20.6. The number of sulfonamides is 1. The van der Waals surface area contributed by atoms with Gasteiger partial charge in [-0.05, 0) is 42.5 Å². The minimum Gasteiger partial charge on any atom is -0.497 e. The highest BCUT2D eigenvalue weighted by Crippen LogP contribution is 2.25. The highest BCUT2D eigenvalue weighted by molar-refractivity contribution is 7.89. The number of halogens is 1. The summed E-state index contributed by atoms with van der Waals surface area (Å²) in [4.78, 5) is 12.0. The highest BCUT2D eigenvalue weighted by Gasteiger charge is 2.13. The standard InChI is InChI=1S/C19H21ClN2O5S/c1-26-16-7-8-18(27-2)14(12-16)6-9-19(23)21-10-11-22-28(24,25)17-5-3-4-15(20)13-17/h3-9,12-13,22H,10-11H2,1-2H3,(H,21,23)/b9-6+. The maximum Gasteiger partial charge on any atom is 0.244 e. The molecule has 0 aromatic heterocycles. The summed E-state index contributed by atoms with van der Waals surface area (Å²) in [6, 6.07) is 11.2. The lowest BCUT2D eigenvalue weighted by molar-refractivity contribution is -0.116. The molecule has 1 amide bonds. The number of nitrogens with one attached hydrogen (secondary N) is 2. The van der Waals surface area contributed by atoms with Crippen molar-refractivity contribution in [1.29, 1.82) is 0 Å². The van der Waals surface area contributed by atoms with Crippen molar-refractivity contribution in [1.82, 2.24) is 10.0 Å². The van der Waals surface area contributed by atoms with Crippen LogP contribution in [0.3, 0.4) is 0 Å². The number of hydrogen-bond donors (Lipinski definition) is 2. The van der Waals surface area contributed by atoms with E-state index in [-0.39, 0.29) is 23.9 Å². The number of rotatable bonds is 9. The van der Waals surface area contributed by atoms with Crippen LogP contribution in [0, 0.1) is 0 Å². The van der Waals surface area contributed by atoms with E-state index in [1.165, 1.54) is 25.3 Å². The third-order valence-corrected chi connectivity index (χ3v) is 5.37. The average Bonchev–Trinajstić information content (AvgIpc) is 2.69. The molecule has 28 heavy (non-hydrogen) atoms. The first-order chi connectivity index (χ1) is 13.4. The third kappa shape index (κ3) is 6.26. The molecule has 2 aromatic carbocycles. The molecular weight excluding hydrogens is 404 g/mol. The van der Waals surface area contributed by atoms with Gasteiger partial charge in [-0.25, -0.2) is 13.1 Å². The van der Waals surface area contributed by atoms with E-state index in [0.29, 0.717) is 22.1 Å². The van der Waals surface area contributed by atoms with E-state index in [0.717, 1.165) is 0 Å². The number of carbonyl (C=O) groups excluding carboxylic acids is 1. The molecule has 9 heteroatoms. The van der Waals surface area contributed by atoms with Crippen molar-refractivity contribution in [2.45, 2.75) is 4.90 Å². The van der Waals surface area contributed by atoms with E-state index >= 15 is 0 Å². The fraction of sp³-hybridized carbons (Fsp3) is 0.211. The number of carbonyl (C=O) groups is 1. The summed E-state index contributed by atoms with van der Waals surface area (Å²) < 4.78 is 37.1. The molecule has 0 heterocycles. The van der Waals surface area contributed by atoms with Gasteiger partial charge in [0, 0.05) is 29.8 Å². The zero-order valence-corrected chi connectivity index (χ0v) is 17.0. The van der Waals surface area contributed by atoms with E-state index in [9.17, 15) is 13.2 Å². The molecule has 0 aliphatic carbocycles. The monoisotopic (exact) mass is 424 g/mol. The summed E-state index contributed by atoms with van der Waals surface area (Å²) in [5.41, 5.74) is 0.679. The Balaban J connectivity index is 1.87. The number of ether oxygens (including phenoxy) is 2. The third-order valence-electron chi connectivity index (χ3n) is 3.67. The van der Waals surface area contributed by atoms with E-state index in [1.54, 1.807) is 43.5 Å². The first kappa shape index (κ1) is 21.7. The number of hydrogen-bond acceptors (Lipinski definition) is 5. The molecule has 0 atom stereocenters. The van der Waals surface area contributed by atoms with E-state index in [1.807, 2.05) is 0 Å². The molecule has 0 aliphatic heterocycles. The Kier molecular flexibility index (Phi) is 7.86. The van der Waals surface area contributed by atoms with Gasteiger partial charge in [-0.2, -0.15) is 0 Å². The van der Waals surface area contributed by atoms with Gasteiger partial charge in [0.05, 0.1) is 19.1 Å². The van der Waals surface area contributed by atoms with Crippen molar-refractivity contribution < 1.29 is 22.7 Å². The molecule has 2 rings (SSSR count). The minimum atomic E-state index is -3.69. The molecule has 0 spiro atoms. The summed E-state index contributed by atoms with van der Waals surface area (Å²) in [6.07, 6.45) is 2.93. The average molecular weight is 425 g/mol. The Labute approximate surface area is 169 Å². The Morgan fingerprint density at radius 3 is 2.57 bits per heavy atom. The van der Waals surface area contributed by atoms with Gasteiger partial charge in [-0.1, -0.05) is 17.7 Å². The van der Waals surface area contributed by atoms with Crippen LogP contribution in [0.4, 0.5) is 0 Å². The molecule has 0 aliphatic rings. The summed E-state index contributed by atoms with van der Waals surface area (Å²) in [5, 5.41) is 2.93. The van der Waals surface area contributed by atoms with Gasteiger partial charge in [0.15, 0.2) is 0 Å². The normalized spacial score (nSPS) is 11.4. The van der Waals surface area contributed by atoms with Crippen LogP contribution in [0.15, 0.2) is 53.4 Å². The van der Waals surface area contributed by atoms with Gasteiger partial charge in [0.1, 0.15) is 11.5 Å². The van der Waals surface area contributed by atoms with Crippen LogP contribution in [-0.2, 0) is 14.8 Å². The van der Waals surface area contributed by atoms with Crippen molar-refractivity contribution in [2.75, 3.05) is 27.3 Å². The molecule has 150 valence electrons. The maximum atomic E-state index is 12.1. The molecule has 0 saturated heterocycles. The molecule has 0 saturated carbocycles. The fourth-order valence-corrected chi connectivity index (χ4v) is 3.61. The van der Waals surface area contributed by atoms with Gasteiger partial charge in [-0.15, -0.1) is 0 Å². The summed E-state index contributed by atoms with van der Waals surface area (Å²) in [5.74, 6) is 0.863. The predicted molar refractivity (Wildman–Crippen MR) is 108 cm³/mol. The topological polar surface area (TPSA) is 93.7 Å². The minimum absolute atomic E-state index is 0.0386. The van der Waals surface area contributed by atoms with Crippen molar-refractivity contribution in [3.8, 4) is 11.5 Å². The Bertz CT molecular complexity index is 961. The lowest BCUT2D eigenvalue weighted by atomic mass is 10.1. The van der Waals surface area contributed by atoms with Gasteiger partial charge in [0.25, 0.3) is 0 Å². The number of methoxy groups -OCH3 is 2. The van der Waals surface area contributed by atoms with Crippen LogP contribution in [-0.4, -0.2) is 41.6 Å². The molecule has 2 N–H and O–H groups in total. The number of benzene rings is 2. The van der Waals surface area contributed by atoms with Gasteiger partial charge < -0.3 is 14.8 Å². The molecule has 0 bridgehead atoms. The smallest absolute Gasteiger partial charge is 0.244 e.